The van der Waals surface area contributed by atoms with Crippen molar-refractivity contribution in [3.63, 3.8) is 0 Å². The van der Waals surface area contributed by atoms with E-state index < -0.39 is 16.9 Å². The fraction of sp³-hybridized carbons (Fsp3) is 1.00. The van der Waals surface area contributed by atoms with Gasteiger partial charge in [0.2, 0.25) is 5.63 Å². The fourth-order valence-corrected chi connectivity index (χ4v) is 1.12. The molecule has 2 nitrogen and oxygen atoms in total. The molecule has 0 amide bonds. The van der Waals surface area contributed by atoms with Gasteiger partial charge in [-0.1, -0.05) is 23.2 Å². The first-order valence-corrected chi connectivity index (χ1v) is 4.22. The number of ether oxygens (including phenoxy) is 2. The Balaban J connectivity index is 2.53. The number of hydrogen-bond donors (Lipinski definition) is 0. The molecule has 0 aromatic carbocycles. The average Bonchev–Trinajstić information content (AvgIpc) is 2.06. The lowest BCUT2D eigenvalue weighted by atomic mass is 10.2. The normalized spacial score (nSPS) is 32.5. The van der Waals surface area contributed by atoms with Gasteiger partial charge in [0, 0.05) is 0 Å². The van der Waals surface area contributed by atoms with Crippen LogP contribution in [0.15, 0.2) is 0 Å². The number of halogens is 4. The molecule has 1 saturated heterocycles. The molecule has 12 heavy (non-hydrogen) atoms. The number of alkyl halides is 4. The van der Waals surface area contributed by atoms with Gasteiger partial charge in [-0.2, -0.15) is 0 Å². The highest BCUT2D eigenvalue weighted by atomic mass is 35.5. The van der Waals surface area contributed by atoms with E-state index in [1.807, 2.05) is 0 Å². The molecular formula is C6H8Cl2F2O2. The maximum absolute atomic E-state index is 13.2. The standard InChI is InChI=1S/C6H8Cl2F2O2/c7-5(9)6(8,10)4-3-11-1-2-12-4/h4-5H,1-3H2. The number of hydrogen-bond acceptors (Lipinski definition) is 2. The first-order valence-electron chi connectivity index (χ1n) is 3.40. The molecule has 1 aliphatic heterocycles. The zero-order valence-electron chi connectivity index (χ0n) is 6.10. The molecule has 1 heterocycles. The van der Waals surface area contributed by atoms with Gasteiger partial charge in [0.05, 0.1) is 19.8 Å². The van der Waals surface area contributed by atoms with Gasteiger partial charge in [0.1, 0.15) is 6.10 Å². The lowest BCUT2D eigenvalue weighted by Crippen LogP contribution is -2.46. The first kappa shape index (κ1) is 10.4. The molecule has 1 rings (SSSR count). The first-order chi connectivity index (χ1) is 5.55. The van der Waals surface area contributed by atoms with Crippen LogP contribution in [0.3, 0.4) is 0 Å². The van der Waals surface area contributed by atoms with E-state index >= 15 is 0 Å². The van der Waals surface area contributed by atoms with Crippen molar-refractivity contribution in [2.45, 2.75) is 16.9 Å². The molecule has 1 aliphatic rings. The number of rotatable bonds is 2. The van der Waals surface area contributed by atoms with Gasteiger partial charge in [0.25, 0.3) is 5.13 Å². The third kappa shape index (κ3) is 2.19. The van der Waals surface area contributed by atoms with Crippen LogP contribution in [0.5, 0.6) is 0 Å². The smallest absolute Gasteiger partial charge is 0.256 e. The Kier molecular flexibility index (Phi) is 3.52. The molecule has 0 saturated carbocycles. The average molecular weight is 221 g/mol. The Morgan fingerprint density at radius 1 is 1.50 bits per heavy atom. The van der Waals surface area contributed by atoms with Crippen LogP contribution in [-0.4, -0.2) is 36.7 Å². The van der Waals surface area contributed by atoms with E-state index in [0.29, 0.717) is 6.61 Å². The molecule has 3 unspecified atom stereocenters. The van der Waals surface area contributed by atoms with E-state index in [2.05, 4.69) is 0 Å². The summed E-state index contributed by atoms with van der Waals surface area (Å²) in [5, 5.41) is -2.71. The maximum atomic E-state index is 13.2. The van der Waals surface area contributed by atoms with Gasteiger partial charge in [-0.3, -0.25) is 0 Å². The van der Waals surface area contributed by atoms with E-state index in [4.69, 9.17) is 32.7 Å². The van der Waals surface area contributed by atoms with E-state index in [-0.39, 0.29) is 13.2 Å². The second-order valence-corrected chi connectivity index (χ2v) is 3.37. The summed E-state index contributed by atoms with van der Waals surface area (Å²) in [6, 6.07) is 0. The third-order valence-corrected chi connectivity index (χ3v) is 2.40. The predicted molar refractivity (Wildman–Crippen MR) is 41.0 cm³/mol. The summed E-state index contributed by atoms with van der Waals surface area (Å²) in [5.41, 5.74) is -2.30. The highest BCUT2D eigenvalue weighted by Gasteiger charge is 2.46. The van der Waals surface area contributed by atoms with Crippen LogP contribution in [0.4, 0.5) is 8.78 Å². The molecule has 3 atom stereocenters. The van der Waals surface area contributed by atoms with Crippen LogP contribution in [0.25, 0.3) is 0 Å². The Morgan fingerprint density at radius 2 is 2.17 bits per heavy atom. The fourth-order valence-electron chi connectivity index (χ4n) is 0.851. The molecule has 0 bridgehead atoms. The molecular weight excluding hydrogens is 213 g/mol. The van der Waals surface area contributed by atoms with Crippen LogP contribution in [0.1, 0.15) is 0 Å². The van der Waals surface area contributed by atoms with Gasteiger partial charge in [-0.25, -0.2) is 8.78 Å². The van der Waals surface area contributed by atoms with Crippen molar-refractivity contribution < 1.29 is 18.3 Å². The summed E-state index contributed by atoms with van der Waals surface area (Å²) in [5.74, 6) is 0. The van der Waals surface area contributed by atoms with Crippen molar-refractivity contribution in [2.75, 3.05) is 19.8 Å². The highest BCUT2D eigenvalue weighted by Crippen LogP contribution is 2.33. The van der Waals surface area contributed by atoms with Crippen molar-refractivity contribution in [2.24, 2.45) is 0 Å². The van der Waals surface area contributed by atoms with Crippen molar-refractivity contribution in [3.05, 3.63) is 0 Å². The van der Waals surface area contributed by atoms with E-state index in [1.165, 1.54) is 0 Å². The summed E-state index contributed by atoms with van der Waals surface area (Å²) in [6.07, 6.45) is -1.14. The minimum atomic E-state index is -2.71. The summed E-state index contributed by atoms with van der Waals surface area (Å²) in [4.78, 5) is 0. The molecule has 1 fully saturated rings. The van der Waals surface area contributed by atoms with Gasteiger partial charge in [-0.15, -0.1) is 0 Å². The minimum Gasteiger partial charge on any atom is -0.376 e. The van der Waals surface area contributed by atoms with Crippen molar-refractivity contribution in [1.82, 2.24) is 0 Å². The second-order valence-electron chi connectivity index (χ2n) is 2.41. The molecule has 6 heteroatoms. The maximum Gasteiger partial charge on any atom is 0.256 e. The van der Waals surface area contributed by atoms with Crippen LogP contribution < -0.4 is 0 Å². The van der Waals surface area contributed by atoms with Crippen LogP contribution in [0.2, 0.25) is 0 Å². The molecule has 72 valence electrons. The Labute approximate surface area is 78.7 Å². The van der Waals surface area contributed by atoms with Crippen LogP contribution in [0, 0.1) is 0 Å². The summed E-state index contributed by atoms with van der Waals surface area (Å²) < 4.78 is 35.2. The Hall–Kier alpha value is 0.360. The van der Waals surface area contributed by atoms with E-state index in [0.717, 1.165) is 0 Å². The van der Waals surface area contributed by atoms with Gasteiger partial charge < -0.3 is 9.47 Å². The molecule has 0 spiro atoms. The van der Waals surface area contributed by atoms with Gasteiger partial charge in [-0.05, 0) is 0 Å². The third-order valence-electron chi connectivity index (χ3n) is 1.54. The molecule has 0 radical (unpaired) electrons. The SMILES string of the molecule is FC(Cl)C(F)(Cl)C1COCCO1. The van der Waals surface area contributed by atoms with E-state index in [9.17, 15) is 8.78 Å². The predicted octanol–water partition coefficient (Wildman–Crippen LogP) is 1.84. The van der Waals surface area contributed by atoms with Crippen molar-refractivity contribution in [3.8, 4) is 0 Å². The monoisotopic (exact) mass is 220 g/mol. The molecule has 0 N–H and O–H groups in total. The molecule has 0 aromatic rings. The topological polar surface area (TPSA) is 18.5 Å². The van der Waals surface area contributed by atoms with E-state index in [1.54, 1.807) is 0 Å². The van der Waals surface area contributed by atoms with Crippen LogP contribution in [-0.2, 0) is 9.47 Å². The Morgan fingerprint density at radius 3 is 2.58 bits per heavy atom. The molecule has 0 aliphatic carbocycles. The quantitative estimate of drug-likeness (QED) is 0.662. The van der Waals surface area contributed by atoms with Gasteiger partial charge >= 0.3 is 0 Å². The van der Waals surface area contributed by atoms with Crippen molar-refractivity contribution >= 4 is 23.2 Å². The lowest BCUT2D eigenvalue weighted by molar-refractivity contribution is -0.133. The highest BCUT2D eigenvalue weighted by molar-refractivity contribution is 6.31. The largest absolute Gasteiger partial charge is 0.376 e. The zero-order valence-corrected chi connectivity index (χ0v) is 7.62. The van der Waals surface area contributed by atoms with Crippen LogP contribution >= 0.6 is 23.2 Å². The lowest BCUT2D eigenvalue weighted by Gasteiger charge is -2.31. The Bertz CT molecular complexity index is 148. The zero-order chi connectivity index (χ0) is 9.19. The molecule has 0 aromatic heterocycles. The van der Waals surface area contributed by atoms with Crippen molar-refractivity contribution in [1.29, 1.82) is 0 Å². The van der Waals surface area contributed by atoms with Gasteiger partial charge in [0.15, 0.2) is 0 Å². The second kappa shape index (κ2) is 4.05. The summed E-state index contributed by atoms with van der Waals surface area (Å²) in [7, 11) is 0. The summed E-state index contributed by atoms with van der Waals surface area (Å²) in [6.45, 7) is 0.489. The minimum absolute atomic E-state index is 0.0762. The summed E-state index contributed by atoms with van der Waals surface area (Å²) >= 11 is 10.1.